The number of anilines is 2. The summed E-state index contributed by atoms with van der Waals surface area (Å²) in [6.45, 7) is 0.174. The second-order valence-electron chi connectivity index (χ2n) is 2.88. The van der Waals surface area contributed by atoms with Gasteiger partial charge in [-0.05, 0) is 12.1 Å². The maximum Gasteiger partial charge on any atom is 0.325 e. The van der Waals surface area contributed by atoms with Crippen molar-refractivity contribution in [2.75, 3.05) is 31.3 Å². The van der Waals surface area contributed by atoms with Gasteiger partial charge in [-0.1, -0.05) is 0 Å². The van der Waals surface area contributed by atoms with E-state index < -0.39 is 0 Å². The number of hydrogen-bond donors (Lipinski definition) is 1. The van der Waals surface area contributed by atoms with E-state index >= 15 is 0 Å². The molecule has 5 nitrogen and oxygen atoms in total. The third-order valence-corrected chi connectivity index (χ3v) is 1.76. The van der Waals surface area contributed by atoms with Crippen LogP contribution in [-0.4, -0.2) is 31.7 Å². The molecule has 0 saturated carbocycles. The van der Waals surface area contributed by atoms with E-state index in [9.17, 15) is 4.79 Å². The van der Waals surface area contributed by atoms with E-state index in [2.05, 4.69) is 9.72 Å². The lowest BCUT2D eigenvalue weighted by Gasteiger charge is -2.16. The molecule has 0 aliphatic carbocycles. The molecule has 1 aromatic heterocycles. The fourth-order valence-corrected chi connectivity index (χ4v) is 0.962. The van der Waals surface area contributed by atoms with E-state index in [0.717, 1.165) is 0 Å². The maximum atomic E-state index is 10.9. The third-order valence-electron chi connectivity index (χ3n) is 1.76. The van der Waals surface area contributed by atoms with Gasteiger partial charge in [0.1, 0.15) is 12.4 Å². The van der Waals surface area contributed by atoms with Crippen LogP contribution in [0.5, 0.6) is 0 Å². The van der Waals surface area contributed by atoms with Crippen LogP contribution < -0.4 is 10.6 Å². The smallest absolute Gasteiger partial charge is 0.325 e. The van der Waals surface area contributed by atoms with Crippen LogP contribution in [0.2, 0.25) is 0 Å². The number of carbonyl (C=O) groups excluding carboxylic acids is 1. The van der Waals surface area contributed by atoms with Gasteiger partial charge in [0.2, 0.25) is 0 Å². The zero-order valence-corrected chi connectivity index (χ0v) is 8.23. The van der Waals surface area contributed by atoms with Gasteiger partial charge in [-0.3, -0.25) is 4.79 Å². The number of hydrogen-bond acceptors (Lipinski definition) is 5. The Bertz CT molecular complexity index is 310. The maximum absolute atomic E-state index is 10.9. The van der Waals surface area contributed by atoms with Gasteiger partial charge in [-0.2, -0.15) is 0 Å². The number of aromatic nitrogens is 1. The van der Waals surface area contributed by atoms with Crippen molar-refractivity contribution >= 4 is 17.5 Å². The topological polar surface area (TPSA) is 68.5 Å². The molecule has 0 saturated heterocycles. The predicted octanol–water partition coefficient (Wildman–Crippen LogP) is 0.273. The van der Waals surface area contributed by atoms with Crippen molar-refractivity contribution < 1.29 is 9.53 Å². The standard InChI is InChI=1S/C9H13N3O2/c1-12(6-9(13)14-2)8-4-3-7(10)5-11-8/h3-5H,6,10H2,1-2H3. The van der Waals surface area contributed by atoms with Crippen molar-refractivity contribution in [1.29, 1.82) is 0 Å². The highest BCUT2D eigenvalue weighted by Crippen LogP contribution is 2.09. The predicted molar refractivity (Wildman–Crippen MR) is 53.9 cm³/mol. The minimum atomic E-state index is -0.300. The highest BCUT2D eigenvalue weighted by molar-refractivity contribution is 5.75. The SMILES string of the molecule is COC(=O)CN(C)c1ccc(N)cn1. The average molecular weight is 195 g/mol. The Balaban J connectivity index is 2.65. The van der Waals surface area contributed by atoms with Crippen molar-refractivity contribution in [3.05, 3.63) is 18.3 Å². The summed E-state index contributed by atoms with van der Waals surface area (Å²) in [4.78, 5) is 16.7. The molecule has 0 aliphatic rings. The van der Waals surface area contributed by atoms with Crippen molar-refractivity contribution in [3.8, 4) is 0 Å². The molecule has 0 radical (unpaired) electrons. The molecule has 0 amide bonds. The Kier molecular flexibility index (Phi) is 3.28. The van der Waals surface area contributed by atoms with Crippen LogP contribution in [0.25, 0.3) is 0 Å². The van der Waals surface area contributed by atoms with Gasteiger partial charge in [0.25, 0.3) is 0 Å². The fraction of sp³-hybridized carbons (Fsp3) is 0.333. The van der Waals surface area contributed by atoms with Crippen molar-refractivity contribution in [3.63, 3.8) is 0 Å². The number of rotatable bonds is 3. The van der Waals surface area contributed by atoms with Crippen LogP contribution in [-0.2, 0) is 9.53 Å². The van der Waals surface area contributed by atoms with E-state index in [1.54, 1.807) is 30.3 Å². The van der Waals surface area contributed by atoms with Gasteiger partial charge in [-0.25, -0.2) is 4.98 Å². The third kappa shape index (κ3) is 2.62. The number of nitrogen functional groups attached to an aromatic ring is 1. The zero-order chi connectivity index (χ0) is 10.6. The van der Waals surface area contributed by atoms with E-state index in [-0.39, 0.29) is 12.5 Å². The van der Waals surface area contributed by atoms with E-state index in [4.69, 9.17) is 5.73 Å². The molecule has 0 aliphatic heterocycles. The van der Waals surface area contributed by atoms with Crippen LogP contribution in [0.4, 0.5) is 11.5 Å². The Hall–Kier alpha value is -1.78. The molecule has 0 bridgehead atoms. The summed E-state index contributed by atoms with van der Waals surface area (Å²) >= 11 is 0. The molecule has 0 spiro atoms. The first-order valence-electron chi connectivity index (χ1n) is 4.13. The molecule has 1 rings (SSSR count). The molecule has 5 heteroatoms. The lowest BCUT2D eigenvalue weighted by Crippen LogP contribution is -2.27. The molecular weight excluding hydrogens is 182 g/mol. The van der Waals surface area contributed by atoms with Gasteiger partial charge in [0, 0.05) is 7.05 Å². The monoisotopic (exact) mass is 195 g/mol. The second-order valence-corrected chi connectivity index (χ2v) is 2.88. The number of ether oxygens (including phenoxy) is 1. The minimum absolute atomic E-state index is 0.174. The van der Waals surface area contributed by atoms with Gasteiger partial charge in [0.05, 0.1) is 19.0 Å². The average Bonchev–Trinajstić information content (AvgIpc) is 2.18. The quantitative estimate of drug-likeness (QED) is 0.701. The summed E-state index contributed by atoms with van der Waals surface area (Å²) in [5.74, 6) is 0.385. The van der Waals surface area contributed by atoms with Crippen LogP contribution in [0, 0.1) is 0 Å². The minimum Gasteiger partial charge on any atom is -0.468 e. The largest absolute Gasteiger partial charge is 0.468 e. The molecular formula is C9H13N3O2. The summed E-state index contributed by atoms with van der Waals surface area (Å²) in [5, 5.41) is 0. The van der Waals surface area contributed by atoms with Crippen LogP contribution in [0.3, 0.4) is 0 Å². The van der Waals surface area contributed by atoms with Crippen molar-refractivity contribution in [2.24, 2.45) is 0 Å². The Morgan fingerprint density at radius 1 is 1.64 bits per heavy atom. The Morgan fingerprint density at radius 2 is 2.36 bits per heavy atom. The number of esters is 1. The Morgan fingerprint density at radius 3 is 2.86 bits per heavy atom. The fourth-order valence-electron chi connectivity index (χ4n) is 0.962. The summed E-state index contributed by atoms with van der Waals surface area (Å²) < 4.78 is 4.53. The summed E-state index contributed by atoms with van der Waals surface area (Å²) in [7, 11) is 3.11. The first-order chi connectivity index (χ1) is 6.63. The van der Waals surface area contributed by atoms with E-state index in [1.807, 2.05) is 0 Å². The molecule has 76 valence electrons. The highest BCUT2D eigenvalue weighted by Gasteiger charge is 2.07. The lowest BCUT2D eigenvalue weighted by atomic mass is 10.4. The van der Waals surface area contributed by atoms with Crippen LogP contribution >= 0.6 is 0 Å². The highest BCUT2D eigenvalue weighted by atomic mass is 16.5. The number of nitrogens with two attached hydrogens (primary N) is 1. The molecule has 0 aromatic carbocycles. The number of likely N-dealkylation sites (N-methyl/N-ethyl adjacent to an activating group) is 1. The zero-order valence-electron chi connectivity index (χ0n) is 8.23. The lowest BCUT2D eigenvalue weighted by molar-refractivity contribution is -0.138. The number of carbonyl (C=O) groups is 1. The van der Waals surface area contributed by atoms with Gasteiger partial charge < -0.3 is 15.4 Å². The molecule has 0 atom stereocenters. The van der Waals surface area contributed by atoms with E-state index in [0.29, 0.717) is 11.5 Å². The molecule has 14 heavy (non-hydrogen) atoms. The Labute approximate surface area is 82.5 Å². The summed E-state index contributed by atoms with van der Waals surface area (Å²) in [6, 6.07) is 3.48. The van der Waals surface area contributed by atoms with Crippen LogP contribution in [0.15, 0.2) is 18.3 Å². The van der Waals surface area contributed by atoms with Gasteiger partial charge >= 0.3 is 5.97 Å². The molecule has 0 unspecified atom stereocenters. The number of methoxy groups -OCH3 is 1. The molecule has 1 heterocycles. The first-order valence-corrected chi connectivity index (χ1v) is 4.13. The summed E-state index contributed by atoms with van der Waals surface area (Å²) in [5.41, 5.74) is 6.08. The van der Waals surface area contributed by atoms with Gasteiger partial charge in [0.15, 0.2) is 0 Å². The van der Waals surface area contributed by atoms with Gasteiger partial charge in [-0.15, -0.1) is 0 Å². The second kappa shape index (κ2) is 4.45. The normalized spacial score (nSPS) is 9.57. The summed E-state index contributed by atoms with van der Waals surface area (Å²) in [6.07, 6.45) is 1.54. The van der Waals surface area contributed by atoms with Crippen molar-refractivity contribution in [2.45, 2.75) is 0 Å². The molecule has 2 N–H and O–H groups in total. The molecule has 1 aromatic rings. The number of pyridine rings is 1. The first kappa shape index (κ1) is 10.3. The molecule has 0 fully saturated rings. The van der Waals surface area contributed by atoms with Crippen LogP contribution in [0.1, 0.15) is 0 Å². The van der Waals surface area contributed by atoms with E-state index in [1.165, 1.54) is 7.11 Å². The van der Waals surface area contributed by atoms with Crippen molar-refractivity contribution in [1.82, 2.24) is 4.98 Å². The number of nitrogens with zero attached hydrogens (tertiary/aromatic N) is 2.